The molecule has 0 unspecified atom stereocenters. The summed E-state index contributed by atoms with van der Waals surface area (Å²) in [5.41, 5.74) is 0.173. The number of H-pyrrole nitrogens is 1. The van der Waals surface area contributed by atoms with Gasteiger partial charge in [0.05, 0.1) is 5.60 Å². The largest absolute Gasteiger partial charge is 0.388 e. The molecule has 2 N–H and O–H groups in total. The number of aliphatic hydroxyl groups is 1. The Balaban J connectivity index is 1.81. The Morgan fingerprint density at radius 1 is 1.43 bits per heavy atom. The monoisotopic (exact) mass is 290 g/mol. The van der Waals surface area contributed by atoms with Crippen LogP contribution in [0, 0.1) is 5.82 Å². The molecule has 112 valence electrons. The Kier molecular flexibility index (Phi) is 3.45. The molecule has 1 saturated carbocycles. The molecule has 1 aromatic heterocycles. The number of likely N-dealkylation sites (N-methyl/N-ethyl adjacent to an activating group) is 1. The molecule has 4 nitrogen and oxygen atoms in total. The van der Waals surface area contributed by atoms with Crippen LogP contribution in [0.4, 0.5) is 4.39 Å². The third kappa shape index (κ3) is 2.65. The fourth-order valence-electron chi connectivity index (χ4n) is 3.14. The lowest BCUT2D eigenvalue weighted by Gasteiger charge is -2.28. The summed E-state index contributed by atoms with van der Waals surface area (Å²) in [6.07, 6.45) is 3.45. The van der Waals surface area contributed by atoms with E-state index in [-0.39, 0.29) is 11.7 Å². The number of nitrogens with zero attached hydrogens (tertiary/aromatic N) is 1. The molecule has 1 amide bonds. The highest BCUT2D eigenvalue weighted by Gasteiger charge is 2.33. The molecule has 1 aliphatic rings. The van der Waals surface area contributed by atoms with Gasteiger partial charge in [0.15, 0.2) is 0 Å². The van der Waals surface area contributed by atoms with Crippen LogP contribution in [-0.2, 0) is 0 Å². The van der Waals surface area contributed by atoms with Crippen molar-refractivity contribution in [2.45, 2.75) is 31.3 Å². The molecule has 1 fully saturated rings. The van der Waals surface area contributed by atoms with Gasteiger partial charge in [0.2, 0.25) is 0 Å². The van der Waals surface area contributed by atoms with Gasteiger partial charge in [-0.05, 0) is 31.0 Å². The SMILES string of the molecule is CN(CC1(O)CCCC1)C(=O)c1cc2c(F)cccc2[nH]1. The normalized spacial score (nSPS) is 17.3. The highest BCUT2D eigenvalue weighted by Crippen LogP contribution is 2.30. The van der Waals surface area contributed by atoms with E-state index in [0.29, 0.717) is 23.1 Å². The van der Waals surface area contributed by atoms with E-state index in [1.165, 1.54) is 17.0 Å². The van der Waals surface area contributed by atoms with Gasteiger partial charge in [0, 0.05) is 24.5 Å². The molecule has 3 rings (SSSR count). The summed E-state index contributed by atoms with van der Waals surface area (Å²) in [5, 5.41) is 10.8. The third-order valence-corrected chi connectivity index (χ3v) is 4.25. The van der Waals surface area contributed by atoms with Crippen LogP contribution < -0.4 is 0 Å². The minimum Gasteiger partial charge on any atom is -0.388 e. The Bertz CT molecular complexity index is 674. The van der Waals surface area contributed by atoms with E-state index < -0.39 is 5.60 Å². The zero-order valence-corrected chi connectivity index (χ0v) is 12.0. The van der Waals surface area contributed by atoms with Crippen molar-refractivity contribution in [3.05, 3.63) is 35.8 Å². The predicted octanol–water partition coefficient (Wildman–Crippen LogP) is 2.68. The summed E-state index contributed by atoms with van der Waals surface area (Å²) in [5.74, 6) is -0.578. The molecule has 0 aliphatic heterocycles. The first kappa shape index (κ1) is 14.1. The summed E-state index contributed by atoms with van der Waals surface area (Å²) in [7, 11) is 1.67. The van der Waals surface area contributed by atoms with Crippen molar-refractivity contribution in [1.82, 2.24) is 9.88 Å². The molecule has 0 atom stereocenters. The van der Waals surface area contributed by atoms with E-state index in [0.717, 1.165) is 25.7 Å². The molecule has 1 heterocycles. The maximum Gasteiger partial charge on any atom is 0.270 e. The molecular weight excluding hydrogens is 271 g/mol. The van der Waals surface area contributed by atoms with Crippen LogP contribution in [0.3, 0.4) is 0 Å². The second-order valence-corrected chi connectivity index (χ2v) is 5.98. The second-order valence-electron chi connectivity index (χ2n) is 5.98. The standard InChI is InChI=1S/C16H19FN2O2/c1-19(10-16(21)7-2-3-8-16)15(20)14-9-11-12(17)5-4-6-13(11)18-14/h4-6,9,18,21H,2-3,7-8,10H2,1H3. The van der Waals surface area contributed by atoms with Gasteiger partial charge < -0.3 is 15.0 Å². The van der Waals surface area contributed by atoms with Crippen molar-refractivity contribution >= 4 is 16.8 Å². The average molecular weight is 290 g/mol. The Morgan fingerprint density at radius 3 is 2.81 bits per heavy atom. The van der Waals surface area contributed by atoms with Gasteiger partial charge in [0.25, 0.3) is 5.91 Å². The highest BCUT2D eigenvalue weighted by atomic mass is 19.1. The zero-order valence-electron chi connectivity index (χ0n) is 12.0. The summed E-state index contributed by atoms with van der Waals surface area (Å²) < 4.78 is 13.7. The minimum atomic E-state index is -0.776. The summed E-state index contributed by atoms with van der Waals surface area (Å²) in [4.78, 5) is 16.9. The summed E-state index contributed by atoms with van der Waals surface area (Å²) in [6.45, 7) is 0.309. The molecule has 1 aromatic carbocycles. The topological polar surface area (TPSA) is 56.3 Å². The molecule has 5 heteroatoms. The van der Waals surface area contributed by atoms with Crippen molar-refractivity contribution in [1.29, 1.82) is 0 Å². The van der Waals surface area contributed by atoms with Crippen molar-refractivity contribution in [2.75, 3.05) is 13.6 Å². The van der Waals surface area contributed by atoms with E-state index in [2.05, 4.69) is 4.98 Å². The van der Waals surface area contributed by atoms with E-state index >= 15 is 0 Å². The predicted molar refractivity (Wildman–Crippen MR) is 78.6 cm³/mol. The number of fused-ring (bicyclic) bond motifs is 1. The number of carbonyl (C=O) groups is 1. The van der Waals surface area contributed by atoms with Crippen LogP contribution in [0.25, 0.3) is 10.9 Å². The fourth-order valence-corrected chi connectivity index (χ4v) is 3.14. The van der Waals surface area contributed by atoms with Gasteiger partial charge in [-0.2, -0.15) is 0 Å². The van der Waals surface area contributed by atoms with Crippen LogP contribution in [0.5, 0.6) is 0 Å². The van der Waals surface area contributed by atoms with Gasteiger partial charge in [0.1, 0.15) is 11.5 Å². The molecule has 21 heavy (non-hydrogen) atoms. The third-order valence-electron chi connectivity index (χ3n) is 4.25. The van der Waals surface area contributed by atoms with Crippen LogP contribution in [-0.4, -0.2) is 40.1 Å². The van der Waals surface area contributed by atoms with E-state index in [9.17, 15) is 14.3 Å². The van der Waals surface area contributed by atoms with Gasteiger partial charge in [-0.25, -0.2) is 4.39 Å². The molecule has 0 spiro atoms. The number of hydrogen-bond donors (Lipinski definition) is 2. The van der Waals surface area contributed by atoms with Crippen LogP contribution in [0.2, 0.25) is 0 Å². The molecule has 0 saturated heterocycles. The Labute approximate surface area is 122 Å². The zero-order chi connectivity index (χ0) is 15.0. The first-order valence-electron chi connectivity index (χ1n) is 7.24. The molecule has 2 aromatic rings. The van der Waals surface area contributed by atoms with Gasteiger partial charge in [-0.15, -0.1) is 0 Å². The van der Waals surface area contributed by atoms with Crippen molar-refractivity contribution in [3.8, 4) is 0 Å². The van der Waals surface area contributed by atoms with Crippen LogP contribution in [0.15, 0.2) is 24.3 Å². The average Bonchev–Trinajstić information content (AvgIpc) is 3.05. The first-order chi connectivity index (χ1) is 9.98. The van der Waals surface area contributed by atoms with Crippen molar-refractivity contribution in [3.63, 3.8) is 0 Å². The van der Waals surface area contributed by atoms with Gasteiger partial charge >= 0.3 is 0 Å². The maximum atomic E-state index is 13.7. The highest BCUT2D eigenvalue weighted by molar-refractivity contribution is 5.98. The summed E-state index contributed by atoms with van der Waals surface area (Å²) in [6, 6.07) is 6.24. The minimum absolute atomic E-state index is 0.231. The van der Waals surface area contributed by atoms with E-state index in [1.54, 1.807) is 19.2 Å². The number of nitrogens with one attached hydrogen (secondary N) is 1. The number of hydrogen-bond acceptors (Lipinski definition) is 2. The lowest BCUT2D eigenvalue weighted by Crippen LogP contribution is -2.42. The number of carbonyl (C=O) groups excluding carboxylic acids is 1. The molecule has 1 aliphatic carbocycles. The fraction of sp³-hybridized carbons (Fsp3) is 0.438. The van der Waals surface area contributed by atoms with Gasteiger partial charge in [-0.1, -0.05) is 18.9 Å². The Hall–Kier alpha value is -1.88. The Morgan fingerprint density at radius 2 is 2.14 bits per heavy atom. The molecular formula is C16H19FN2O2. The number of aromatic amines is 1. The number of aromatic nitrogens is 1. The van der Waals surface area contributed by atoms with Crippen molar-refractivity contribution < 1.29 is 14.3 Å². The number of benzene rings is 1. The first-order valence-corrected chi connectivity index (χ1v) is 7.24. The second kappa shape index (κ2) is 5.15. The van der Waals surface area contributed by atoms with E-state index in [1.807, 2.05) is 0 Å². The molecule has 0 radical (unpaired) electrons. The van der Waals surface area contributed by atoms with Crippen LogP contribution in [0.1, 0.15) is 36.2 Å². The lowest BCUT2D eigenvalue weighted by molar-refractivity contribution is 0.0155. The van der Waals surface area contributed by atoms with Crippen LogP contribution >= 0.6 is 0 Å². The number of rotatable bonds is 3. The smallest absolute Gasteiger partial charge is 0.270 e. The number of halogens is 1. The summed E-state index contributed by atoms with van der Waals surface area (Å²) >= 11 is 0. The number of amides is 1. The molecule has 0 bridgehead atoms. The lowest BCUT2D eigenvalue weighted by atomic mass is 10.0. The van der Waals surface area contributed by atoms with Gasteiger partial charge in [-0.3, -0.25) is 4.79 Å². The van der Waals surface area contributed by atoms with Crippen molar-refractivity contribution in [2.24, 2.45) is 0 Å². The maximum absolute atomic E-state index is 13.7. The quantitative estimate of drug-likeness (QED) is 0.913. The van der Waals surface area contributed by atoms with E-state index in [4.69, 9.17) is 0 Å².